The molecule has 0 saturated carbocycles. The molecule has 0 aliphatic rings. The zero-order chi connectivity index (χ0) is 14.2. The lowest BCUT2D eigenvalue weighted by atomic mass is 10.2. The fourth-order valence-electron chi connectivity index (χ4n) is 1.75. The summed E-state index contributed by atoms with van der Waals surface area (Å²) >= 11 is 3.44. The van der Waals surface area contributed by atoms with E-state index in [-0.39, 0.29) is 0 Å². The third-order valence-corrected chi connectivity index (χ3v) is 3.19. The van der Waals surface area contributed by atoms with Crippen LogP contribution in [0.5, 0.6) is 5.75 Å². The smallest absolute Gasteiger partial charge is 0.419 e. The Morgan fingerprint density at radius 3 is 2.58 bits per heavy atom. The Kier molecular flexibility index (Phi) is 3.58. The lowest BCUT2D eigenvalue weighted by Crippen LogP contribution is -2.26. The van der Waals surface area contributed by atoms with Gasteiger partial charge in [-0.05, 0) is 48.8 Å². The van der Waals surface area contributed by atoms with Crippen LogP contribution in [0.1, 0.15) is 20.8 Å². The average Bonchev–Trinajstić information content (AvgIpc) is 2.64. The third kappa shape index (κ3) is 2.92. The van der Waals surface area contributed by atoms with Gasteiger partial charge in [-0.2, -0.15) is 0 Å². The highest BCUT2D eigenvalue weighted by Crippen LogP contribution is 2.29. The molecule has 1 heterocycles. The van der Waals surface area contributed by atoms with E-state index in [4.69, 9.17) is 9.47 Å². The number of fused-ring (bicyclic) bond motifs is 1. The van der Waals surface area contributed by atoms with Crippen LogP contribution in [0.2, 0.25) is 0 Å². The van der Waals surface area contributed by atoms with Crippen molar-refractivity contribution in [3.05, 3.63) is 28.9 Å². The molecule has 4 nitrogen and oxygen atoms in total. The maximum atomic E-state index is 12.2. The molecule has 19 heavy (non-hydrogen) atoms. The van der Waals surface area contributed by atoms with Crippen LogP contribution in [0.3, 0.4) is 0 Å². The van der Waals surface area contributed by atoms with E-state index in [0.717, 1.165) is 15.4 Å². The molecule has 0 amide bonds. The molecule has 0 aliphatic carbocycles. The molecule has 0 spiro atoms. The topological polar surface area (TPSA) is 40.5 Å². The summed E-state index contributed by atoms with van der Waals surface area (Å²) in [6, 6.07) is 5.57. The van der Waals surface area contributed by atoms with Crippen LogP contribution in [0.15, 0.2) is 28.9 Å². The van der Waals surface area contributed by atoms with Crippen LogP contribution in [-0.4, -0.2) is 23.4 Å². The first-order chi connectivity index (χ1) is 8.81. The molecule has 102 valence electrons. The molecular formula is C14H16BrNO3. The van der Waals surface area contributed by atoms with Crippen molar-refractivity contribution < 1.29 is 14.3 Å². The Morgan fingerprint density at radius 2 is 2.00 bits per heavy atom. The molecule has 1 aromatic carbocycles. The van der Waals surface area contributed by atoms with Crippen LogP contribution >= 0.6 is 15.9 Å². The Labute approximate surface area is 120 Å². The maximum Gasteiger partial charge on any atom is 0.419 e. The minimum Gasteiger partial charge on any atom is -0.497 e. The first-order valence-corrected chi connectivity index (χ1v) is 6.69. The van der Waals surface area contributed by atoms with Gasteiger partial charge in [-0.1, -0.05) is 0 Å². The van der Waals surface area contributed by atoms with Crippen LogP contribution in [-0.2, 0) is 4.74 Å². The number of halogens is 1. The van der Waals surface area contributed by atoms with E-state index in [2.05, 4.69) is 15.9 Å². The number of methoxy groups -OCH3 is 1. The van der Waals surface area contributed by atoms with Gasteiger partial charge in [-0.25, -0.2) is 4.79 Å². The van der Waals surface area contributed by atoms with Crippen LogP contribution in [0, 0.1) is 0 Å². The van der Waals surface area contributed by atoms with Crippen molar-refractivity contribution in [2.24, 2.45) is 0 Å². The van der Waals surface area contributed by atoms with Gasteiger partial charge >= 0.3 is 6.09 Å². The number of carbonyl (C=O) groups is 1. The van der Waals surface area contributed by atoms with Crippen LogP contribution in [0.4, 0.5) is 4.79 Å². The highest BCUT2D eigenvalue weighted by molar-refractivity contribution is 9.10. The van der Waals surface area contributed by atoms with Gasteiger partial charge < -0.3 is 9.47 Å². The fourth-order valence-corrected chi connectivity index (χ4v) is 2.29. The number of aromatic nitrogens is 1. The van der Waals surface area contributed by atoms with Gasteiger partial charge in [0.15, 0.2) is 0 Å². The summed E-state index contributed by atoms with van der Waals surface area (Å²) in [6.45, 7) is 5.52. The Hall–Kier alpha value is -1.49. The van der Waals surface area contributed by atoms with Gasteiger partial charge in [0.2, 0.25) is 0 Å². The van der Waals surface area contributed by atoms with Crippen molar-refractivity contribution in [2.75, 3.05) is 7.11 Å². The second kappa shape index (κ2) is 4.89. The molecule has 5 heteroatoms. The predicted octanol–water partition coefficient (Wildman–Crippen LogP) is 4.20. The number of hydrogen-bond acceptors (Lipinski definition) is 3. The molecule has 2 rings (SSSR count). The molecule has 0 fully saturated rings. The summed E-state index contributed by atoms with van der Waals surface area (Å²) in [6.07, 6.45) is 1.30. The van der Waals surface area contributed by atoms with Crippen molar-refractivity contribution in [3.8, 4) is 5.75 Å². The van der Waals surface area contributed by atoms with Crippen molar-refractivity contribution in [1.82, 2.24) is 4.57 Å². The lowest BCUT2D eigenvalue weighted by Gasteiger charge is -2.19. The lowest BCUT2D eigenvalue weighted by molar-refractivity contribution is 0.0544. The number of nitrogens with zero attached hydrogens (tertiary/aromatic N) is 1. The SMILES string of the molecule is COc1ccc2c(Br)cn(C(=O)OC(C)(C)C)c2c1. The Bertz CT molecular complexity index is 625. The molecule has 2 aromatic rings. The van der Waals surface area contributed by atoms with E-state index in [1.165, 1.54) is 4.57 Å². The Balaban J connectivity index is 2.51. The summed E-state index contributed by atoms with van der Waals surface area (Å²) in [5.74, 6) is 0.697. The molecule has 0 saturated heterocycles. The number of hydrogen-bond donors (Lipinski definition) is 0. The molecule has 0 radical (unpaired) electrons. The maximum absolute atomic E-state index is 12.2. The fraction of sp³-hybridized carbons (Fsp3) is 0.357. The molecule has 0 aliphatic heterocycles. The zero-order valence-corrected chi connectivity index (χ0v) is 12.9. The predicted molar refractivity (Wildman–Crippen MR) is 77.8 cm³/mol. The summed E-state index contributed by atoms with van der Waals surface area (Å²) in [5, 5.41) is 0.937. The summed E-state index contributed by atoms with van der Waals surface area (Å²) < 4.78 is 12.9. The number of ether oxygens (including phenoxy) is 2. The minimum absolute atomic E-state index is 0.406. The monoisotopic (exact) mass is 325 g/mol. The normalized spacial score (nSPS) is 11.6. The van der Waals surface area contributed by atoms with Crippen molar-refractivity contribution in [3.63, 3.8) is 0 Å². The quantitative estimate of drug-likeness (QED) is 0.789. The standard InChI is InChI=1S/C14H16BrNO3/c1-14(2,3)19-13(17)16-8-11(15)10-6-5-9(18-4)7-12(10)16/h5-8H,1-4H3. The molecule has 0 unspecified atom stereocenters. The van der Waals surface area contributed by atoms with E-state index in [1.807, 2.05) is 39.0 Å². The van der Waals surface area contributed by atoms with E-state index >= 15 is 0 Å². The van der Waals surface area contributed by atoms with Gasteiger partial charge in [0.1, 0.15) is 11.4 Å². The van der Waals surface area contributed by atoms with E-state index in [9.17, 15) is 4.79 Å². The zero-order valence-electron chi connectivity index (χ0n) is 11.4. The van der Waals surface area contributed by atoms with Crippen molar-refractivity contribution in [1.29, 1.82) is 0 Å². The number of carbonyl (C=O) groups excluding carboxylic acids is 1. The van der Waals surface area contributed by atoms with Gasteiger partial charge in [0, 0.05) is 22.1 Å². The summed E-state index contributed by atoms with van der Waals surface area (Å²) in [7, 11) is 1.59. The molecule has 0 N–H and O–H groups in total. The molecular weight excluding hydrogens is 310 g/mol. The number of rotatable bonds is 1. The largest absolute Gasteiger partial charge is 0.497 e. The van der Waals surface area contributed by atoms with Crippen LogP contribution < -0.4 is 4.74 Å². The van der Waals surface area contributed by atoms with Crippen LogP contribution in [0.25, 0.3) is 10.9 Å². The first kappa shape index (κ1) is 13.9. The van der Waals surface area contributed by atoms with Gasteiger partial charge in [0.05, 0.1) is 12.6 Å². The van der Waals surface area contributed by atoms with Crippen molar-refractivity contribution in [2.45, 2.75) is 26.4 Å². The van der Waals surface area contributed by atoms with E-state index < -0.39 is 11.7 Å². The first-order valence-electron chi connectivity index (χ1n) is 5.90. The molecule has 1 aromatic heterocycles. The Morgan fingerprint density at radius 1 is 1.32 bits per heavy atom. The summed E-state index contributed by atoms with van der Waals surface area (Å²) in [4.78, 5) is 12.2. The van der Waals surface area contributed by atoms with Crippen molar-refractivity contribution >= 4 is 32.9 Å². The average molecular weight is 326 g/mol. The van der Waals surface area contributed by atoms with Gasteiger partial charge in [0.25, 0.3) is 0 Å². The minimum atomic E-state index is -0.529. The van der Waals surface area contributed by atoms with Gasteiger partial charge in [-0.15, -0.1) is 0 Å². The highest BCUT2D eigenvalue weighted by Gasteiger charge is 2.20. The number of benzene rings is 1. The highest BCUT2D eigenvalue weighted by atomic mass is 79.9. The molecule has 0 atom stereocenters. The second-order valence-corrected chi connectivity index (χ2v) is 6.06. The molecule has 0 bridgehead atoms. The third-order valence-electron chi connectivity index (χ3n) is 2.55. The van der Waals surface area contributed by atoms with E-state index in [1.54, 1.807) is 13.3 Å². The second-order valence-electron chi connectivity index (χ2n) is 5.21. The summed E-state index contributed by atoms with van der Waals surface area (Å²) in [5.41, 5.74) is 0.222. The van der Waals surface area contributed by atoms with E-state index in [0.29, 0.717) is 5.75 Å². The van der Waals surface area contributed by atoms with Gasteiger partial charge in [-0.3, -0.25) is 4.57 Å².